The molecule has 1 aromatic carbocycles. The third-order valence-corrected chi connectivity index (χ3v) is 2.96. The lowest BCUT2D eigenvalue weighted by Crippen LogP contribution is -2.18. The van der Waals surface area contributed by atoms with Gasteiger partial charge in [-0.05, 0) is 11.5 Å². The third-order valence-electron chi connectivity index (χ3n) is 2.96. The highest BCUT2D eigenvalue weighted by molar-refractivity contribution is 5.18. The second-order valence-electron chi connectivity index (χ2n) is 4.64. The van der Waals surface area contributed by atoms with Crippen LogP contribution in [0.4, 0.5) is 0 Å². The molecule has 1 atom stereocenters. The summed E-state index contributed by atoms with van der Waals surface area (Å²) in [4.78, 5) is 4.20. The summed E-state index contributed by atoms with van der Waals surface area (Å²) in [6.45, 7) is 5.11. The Kier molecular flexibility index (Phi) is 3.59. The molecular weight excluding hydrogens is 210 g/mol. The normalized spacial score (nSPS) is 12.9. The average Bonchev–Trinajstić information content (AvgIpc) is 2.78. The molecule has 0 spiro atoms. The van der Waals surface area contributed by atoms with E-state index in [4.69, 9.17) is 5.73 Å². The average molecular weight is 229 g/mol. The molecule has 0 radical (unpaired) electrons. The summed E-state index contributed by atoms with van der Waals surface area (Å²) in [5, 5.41) is 0. The molecule has 2 aromatic rings. The summed E-state index contributed by atoms with van der Waals surface area (Å²) in [5.41, 5.74) is 8.60. The van der Waals surface area contributed by atoms with Gasteiger partial charge in [0.05, 0.1) is 6.33 Å². The molecule has 2 N–H and O–H groups in total. The first-order valence-electron chi connectivity index (χ1n) is 5.99. The van der Waals surface area contributed by atoms with Crippen molar-refractivity contribution < 1.29 is 0 Å². The fraction of sp³-hybridized carbons (Fsp3) is 0.357. The number of hydrogen-bond acceptors (Lipinski definition) is 2. The highest BCUT2D eigenvalue weighted by atomic mass is 15.1. The molecule has 0 saturated heterocycles. The van der Waals surface area contributed by atoms with Gasteiger partial charge in [0.2, 0.25) is 0 Å². The van der Waals surface area contributed by atoms with Gasteiger partial charge in [-0.1, -0.05) is 44.2 Å². The summed E-state index contributed by atoms with van der Waals surface area (Å²) in [5.74, 6) is 0.473. The van der Waals surface area contributed by atoms with E-state index >= 15 is 0 Å². The lowest BCUT2D eigenvalue weighted by Gasteiger charge is -2.16. The molecule has 3 nitrogen and oxygen atoms in total. The first-order chi connectivity index (χ1) is 8.18. The summed E-state index contributed by atoms with van der Waals surface area (Å²) in [6, 6.07) is 10.2. The Morgan fingerprint density at radius 1 is 1.24 bits per heavy atom. The van der Waals surface area contributed by atoms with Gasteiger partial charge >= 0.3 is 0 Å². The van der Waals surface area contributed by atoms with Crippen LogP contribution in [0, 0.1) is 0 Å². The van der Waals surface area contributed by atoms with Gasteiger partial charge < -0.3 is 10.3 Å². The van der Waals surface area contributed by atoms with Crippen molar-refractivity contribution in [3.05, 3.63) is 54.1 Å². The van der Waals surface area contributed by atoms with Crippen LogP contribution >= 0.6 is 0 Å². The molecule has 90 valence electrons. The van der Waals surface area contributed by atoms with Crippen molar-refractivity contribution in [2.24, 2.45) is 5.73 Å². The number of imidazole rings is 1. The highest BCUT2D eigenvalue weighted by Gasteiger charge is 2.11. The van der Waals surface area contributed by atoms with Crippen LogP contribution in [0.1, 0.15) is 37.1 Å². The fourth-order valence-corrected chi connectivity index (χ4v) is 1.98. The molecule has 2 rings (SSSR count). The molecule has 1 aromatic heterocycles. The minimum Gasteiger partial charge on any atom is -0.332 e. The zero-order chi connectivity index (χ0) is 12.3. The maximum absolute atomic E-state index is 6.21. The van der Waals surface area contributed by atoms with E-state index in [1.165, 1.54) is 5.69 Å². The van der Waals surface area contributed by atoms with Crippen LogP contribution < -0.4 is 5.73 Å². The zero-order valence-corrected chi connectivity index (χ0v) is 10.4. The molecule has 0 saturated carbocycles. The van der Waals surface area contributed by atoms with Gasteiger partial charge in [0.25, 0.3) is 0 Å². The van der Waals surface area contributed by atoms with E-state index in [-0.39, 0.29) is 6.04 Å². The van der Waals surface area contributed by atoms with Gasteiger partial charge in [-0.2, -0.15) is 0 Å². The zero-order valence-electron chi connectivity index (χ0n) is 10.4. The second-order valence-corrected chi connectivity index (χ2v) is 4.64. The molecule has 0 fully saturated rings. The summed E-state index contributed by atoms with van der Waals surface area (Å²) in [6.07, 6.45) is 3.78. The minimum absolute atomic E-state index is 0.0166. The van der Waals surface area contributed by atoms with E-state index in [9.17, 15) is 0 Å². The number of benzene rings is 1. The van der Waals surface area contributed by atoms with Crippen molar-refractivity contribution in [1.82, 2.24) is 9.55 Å². The van der Waals surface area contributed by atoms with Crippen molar-refractivity contribution in [1.29, 1.82) is 0 Å². The van der Waals surface area contributed by atoms with Gasteiger partial charge in [-0.25, -0.2) is 4.98 Å². The Morgan fingerprint density at radius 2 is 1.94 bits per heavy atom. The van der Waals surface area contributed by atoms with E-state index in [2.05, 4.69) is 35.5 Å². The van der Waals surface area contributed by atoms with Crippen molar-refractivity contribution in [3.63, 3.8) is 0 Å². The predicted molar refractivity (Wildman–Crippen MR) is 69.7 cm³/mol. The van der Waals surface area contributed by atoms with Crippen LogP contribution in [0.15, 0.2) is 42.9 Å². The van der Waals surface area contributed by atoms with Crippen LogP contribution in [0.5, 0.6) is 0 Å². The molecule has 0 bridgehead atoms. The second kappa shape index (κ2) is 5.15. The lowest BCUT2D eigenvalue weighted by atomic mass is 10.1. The maximum Gasteiger partial charge on any atom is 0.0948 e. The first-order valence-corrected chi connectivity index (χ1v) is 5.99. The molecule has 1 unspecified atom stereocenters. The van der Waals surface area contributed by atoms with Gasteiger partial charge in [0.15, 0.2) is 0 Å². The van der Waals surface area contributed by atoms with E-state index in [1.54, 1.807) is 0 Å². The van der Waals surface area contributed by atoms with Gasteiger partial charge in [0.1, 0.15) is 0 Å². The maximum atomic E-state index is 6.21. The van der Waals surface area contributed by atoms with Gasteiger partial charge in [-0.15, -0.1) is 0 Å². The summed E-state index contributed by atoms with van der Waals surface area (Å²) in [7, 11) is 0. The number of hydrogen-bond donors (Lipinski definition) is 1. The molecule has 3 heteroatoms. The van der Waals surface area contributed by atoms with Crippen molar-refractivity contribution >= 4 is 0 Å². The van der Waals surface area contributed by atoms with Crippen molar-refractivity contribution in [2.45, 2.75) is 32.4 Å². The Balaban J connectivity index is 2.13. The Bertz CT molecular complexity index is 459. The Hall–Kier alpha value is -1.61. The van der Waals surface area contributed by atoms with Crippen molar-refractivity contribution in [3.8, 4) is 0 Å². The predicted octanol–water partition coefficient (Wildman–Crippen LogP) is 2.71. The molecule has 0 aliphatic carbocycles. The molecule has 1 heterocycles. The van der Waals surface area contributed by atoms with Crippen LogP contribution in [0.3, 0.4) is 0 Å². The van der Waals surface area contributed by atoms with E-state index < -0.39 is 0 Å². The number of nitrogens with two attached hydrogens (primary N) is 1. The smallest absolute Gasteiger partial charge is 0.0948 e. The number of rotatable bonds is 4. The van der Waals surface area contributed by atoms with E-state index in [0.29, 0.717) is 5.92 Å². The molecule has 0 amide bonds. The Labute approximate surface area is 102 Å². The topological polar surface area (TPSA) is 43.8 Å². The quantitative estimate of drug-likeness (QED) is 0.876. The van der Waals surface area contributed by atoms with Crippen LogP contribution in [0.2, 0.25) is 0 Å². The first kappa shape index (κ1) is 11.9. The minimum atomic E-state index is 0.0166. The van der Waals surface area contributed by atoms with Crippen LogP contribution in [-0.4, -0.2) is 9.55 Å². The molecular formula is C14H19N3. The van der Waals surface area contributed by atoms with Crippen LogP contribution in [-0.2, 0) is 6.54 Å². The van der Waals surface area contributed by atoms with Crippen molar-refractivity contribution in [2.75, 3.05) is 0 Å². The summed E-state index contributed by atoms with van der Waals surface area (Å²) < 4.78 is 2.14. The molecule has 17 heavy (non-hydrogen) atoms. The van der Waals surface area contributed by atoms with E-state index in [1.807, 2.05) is 30.7 Å². The highest BCUT2D eigenvalue weighted by Crippen LogP contribution is 2.17. The summed E-state index contributed by atoms with van der Waals surface area (Å²) >= 11 is 0. The van der Waals surface area contributed by atoms with E-state index in [0.717, 1.165) is 12.1 Å². The standard InChI is InChI=1S/C14H19N3/c1-11(2)14-8-16-10-17(14)9-13(15)12-6-4-3-5-7-12/h3-8,10-11,13H,9,15H2,1-2H3. The van der Waals surface area contributed by atoms with Crippen LogP contribution in [0.25, 0.3) is 0 Å². The third kappa shape index (κ3) is 2.74. The molecule has 0 aliphatic heterocycles. The number of aromatic nitrogens is 2. The Morgan fingerprint density at radius 3 is 2.59 bits per heavy atom. The monoisotopic (exact) mass is 229 g/mol. The number of nitrogens with zero attached hydrogens (tertiary/aromatic N) is 2. The van der Waals surface area contributed by atoms with Gasteiger partial charge in [-0.3, -0.25) is 0 Å². The fourth-order valence-electron chi connectivity index (χ4n) is 1.98. The van der Waals surface area contributed by atoms with Gasteiger partial charge in [0, 0.05) is 24.5 Å². The largest absolute Gasteiger partial charge is 0.332 e. The molecule has 0 aliphatic rings. The lowest BCUT2D eigenvalue weighted by molar-refractivity contribution is 0.548. The SMILES string of the molecule is CC(C)c1cncn1CC(N)c1ccccc1.